The normalized spacial score (nSPS) is 20.4. The van der Waals surface area contributed by atoms with Crippen molar-refractivity contribution in [3.05, 3.63) is 18.0 Å². The zero-order valence-electron chi connectivity index (χ0n) is 9.32. The van der Waals surface area contributed by atoms with Gasteiger partial charge in [-0.1, -0.05) is 19.3 Å². The molecule has 2 rings (SSSR count). The number of hydrogen-bond acceptors (Lipinski definition) is 3. The van der Waals surface area contributed by atoms with E-state index in [9.17, 15) is 0 Å². The molecule has 1 aromatic rings. The fourth-order valence-corrected chi connectivity index (χ4v) is 2.53. The Morgan fingerprint density at radius 2 is 2.20 bits per heavy atom. The minimum absolute atomic E-state index is 0.228. The highest BCUT2D eigenvalue weighted by molar-refractivity contribution is 5.07. The summed E-state index contributed by atoms with van der Waals surface area (Å²) in [6.07, 6.45) is 8.54. The monoisotopic (exact) mass is 208 g/mol. The molecule has 1 saturated carbocycles. The molecule has 4 heteroatoms. The first-order valence-electron chi connectivity index (χ1n) is 5.77. The van der Waals surface area contributed by atoms with E-state index in [4.69, 9.17) is 5.84 Å². The van der Waals surface area contributed by atoms with E-state index >= 15 is 0 Å². The zero-order valence-corrected chi connectivity index (χ0v) is 9.32. The number of rotatable bonds is 3. The van der Waals surface area contributed by atoms with E-state index in [0.29, 0.717) is 5.92 Å². The van der Waals surface area contributed by atoms with Crippen LogP contribution in [0.4, 0.5) is 0 Å². The van der Waals surface area contributed by atoms with Gasteiger partial charge >= 0.3 is 0 Å². The van der Waals surface area contributed by atoms with Crippen LogP contribution in [-0.4, -0.2) is 9.78 Å². The molecular formula is C11H20N4. The highest BCUT2D eigenvalue weighted by Crippen LogP contribution is 2.33. The maximum Gasteiger partial charge on any atom is 0.0810 e. The molecule has 1 aliphatic carbocycles. The molecule has 15 heavy (non-hydrogen) atoms. The van der Waals surface area contributed by atoms with Gasteiger partial charge in [-0.2, -0.15) is 5.10 Å². The van der Waals surface area contributed by atoms with Crippen LogP contribution in [0.3, 0.4) is 0 Å². The maximum absolute atomic E-state index is 5.65. The summed E-state index contributed by atoms with van der Waals surface area (Å²) >= 11 is 0. The summed E-state index contributed by atoms with van der Waals surface area (Å²) in [4.78, 5) is 0. The molecule has 1 heterocycles. The van der Waals surface area contributed by atoms with Gasteiger partial charge in [0.05, 0.1) is 11.7 Å². The Bertz CT molecular complexity index is 301. The standard InChI is InChI=1S/C11H20N4/c1-15-8-7-10(14-15)11(13-12)9-5-3-2-4-6-9/h7-9,11,13H,2-6,12H2,1H3. The number of aromatic nitrogens is 2. The van der Waals surface area contributed by atoms with Crippen molar-refractivity contribution in [3.8, 4) is 0 Å². The van der Waals surface area contributed by atoms with Crippen molar-refractivity contribution in [1.82, 2.24) is 15.2 Å². The van der Waals surface area contributed by atoms with Gasteiger partial charge in [0.25, 0.3) is 0 Å². The molecule has 0 amide bonds. The largest absolute Gasteiger partial charge is 0.275 e. The molecule has 0 saturated heterocycles. The van der Waals surface area contributed by atoms with E-state index < -0.39 is 0 Å². The quantitative estimate of drug-likeness (QED) is 0.584. The third-order valence-electron chi connectivity index (χ3n) is 3.35. The van der Waals surface area contributed by atoms with E-state index in [1.54, 1.807) is 0 Å². The fraction of sp³-hybridized carbons (Fsp3) is 0.727. The Morgan fingerprint density at radius 3 is 2.73 bits per heavy atom. The molecule has 1 atom stereocenters. The second kappa shape index (κ2) is 4.77. The van der Waals surface area contributed by atoms with E-state index in [2.05, 4.69) is 16.6 Å². The van der Waals surface area contributed by atoms with Crippen LogP contribution in [0.1, 0.15) is 43.8 Å². The van der Waals surface area contributed by atoms with Gasteiger partial charge in [-0.05, 0) is 24.8 Å². The molecule has 4 nitrogen and oxygen atoms in total. The van der Waals surface area contributed by atoms with Crippen LogP contribution in [0.25, 0.3) is 0 Å². The first-order chi connectivity index (χ1) is 7.31. The van der Waals surface area contributed by atoms with Gasteiger partial charge < -0.3 is 0 Å². The van der Waals surface area contributed by atoms with Gasteiger partial charge in [0.15, 0.2) is 0 Å². The topological polar surface area (TPSA) is 55.9 Å². The Hall–Kier alpha value is -0.870. The molecule has 1 aliphatic rings. The molecular weight excluding hydrogens is 188 g/mol. The predicted molar refractivity (Wildman–Crippen MR) is 59.8 cm³/mol. The summed E-state index contributed by atoms with van der Waals surface area (Å²) in [5, 5.41) is 4.43. The number of nitrogens with zero attached hydrogens (tertiary/aromatic N) is 2. The third-order valence-corrected chi connectivity index (χ3v) is 3.35. The molecule has 1 fully saturated rings. The van der Waals surface area contributed by atoms with Crippen LogP contribution in [0.15, 0.2) is 12.3 Å². The first kappa shape index (κ1) is 10.6. The van der Waals surface area contributed by atoms with Crippen LogP contribution in [-0.2, 0) is 7.05 Å². The highest BCUT2D eigenvalue weighted by Gasteiger charge is 2.25. The lowest BCUT2D eigenvalue weighted by molar-refractivity contribution is 0.269. The van der Waals surface area contributed by atoms with Crippen LogP contribution >= 0.6 is 0 Å². The van der Waals surface area contributed by atoms with Crippen molar-refractivity contribution in [2.24, 2.45) is 18.8 Å². The van der Waals surface area contributed by atoms with Crippen molar-refractivity contribution < 1.29 is 0 Å². The number of hydrazine groups is 1. The molecule has 0 bridgehead atoms. The smallest absolute Gasteiger partial charge is 0.0810 e. The van der Waals surface area contributed by atoms with Gasteiger partial charge in [0.1, 0.15) is 0 Å². The third kappa shape index (κ3) is 2.38. The SMILES string of the molecule is Cn1ccc(C(NN)C2CCCCC2)n1. The van der Waals surface area contributed by atoms with Crippen LogP contribution in [0.2, 0.25) is 0 Å². The second-order valence-electron chi connectivity index (χ2n) is 4.46. The van der Waals surface area contributed by atoms with Crippen molar-refractivity contribution in [2.45, 2.75) is 38.1 Å². The summed E-state index contributed by atoms with van der Waals surface area (Å²) in [5.41, 5.74) is 4.00. The van der Waals surface area contributed by atoms with Crippen LogP contribution in [0.5, 0.6) is 0 Å². The average molecular weight is 208 g/mol. The Kier molecular flexibility index (Phi) is 3.38. The molecule has 84 valence electrons. The van der Waals surface area contributed by atoms with Gasteiger partial charge in [-0.15, -0.1) is 0 Å². The van der Waals surface area contributed by atoms with Crippen molar-refractivity contribution >= 4 is 0 Å². The lowest BCUT2D eigenvalue weighted by Crippen LogP contribution is -2.34. The van der Waals surface area contributed by atoms with Crippen LogP contribution < -0.4 is 11.3 Å². The summed E-state index contributed by atoms with van der Waals surface area (Å²) in [6.45, 7) is 0. The number of hydrogen-bond donors (Lipinski definition) is 2. The summed E-state index contributed by atoms with van der Waals surface area (Å²) in [5.74, 6) is 6.30. The number of nitrogens with two attached hydrogens (primary N) is 1. The van der Waals surface area contributed by atoms with E-state index in [0.717, 1.165) is 5.69 Å². The fourth-order valence-electron chi connectivity index (χ4n) is 2.53. The van der Waals surface area contributed by atoms with Crippen molar-refractivity contribution in [3.63, 3.8) is 0 Å². The minimum atomic E-state index is 0.228. The van der Waals surface area contributed by atoms with Crippen LogP contribution in [0, 0.1) is 5.92 Å². The Labute approximate surface area is 90.8 Å². The molecule has 0 aromatic carbocycles. The summed E-state index contributed by atoms with van der Waals surface area (Å²) in [7, 11) is 1.94. The molecule has 0 spiro atoms. The zero-order chi connectivity index (χ0) is 10.7. The summed E-state index contributed by atoms with van der Waals surface area (Å²) in [6, 6.07) is 2.28. The maximum atomic E-state index is 5.65. The molecule has 1 aromatic heterocycles. The molecule has 0 radical (unpaired) electrons. The number of aryl methyl sites for hydroxylation is 1. The molecule has 0 aliphatic heterocycles. The first-order valence-corrected chi connectivity index (χ1v) is 5.77. The highest BCUT2D eigenvalue weighted by atomic mass is 15.3. The lowest BCUT2D eigenvalue weighted by Gasteiger charge is -2.28. The lowest BCUT2D eigenvalue weighted by atomic mass is 9.83. The van der Waals surface area contributed by atoms with Crippen molar-refractivity contribution in [1.29, 1.82) is 0 Å². The molecule has 3 N–H and O–H groups in total. The van der Waals surface area contributed by atoms with Gasteiger partial charge in [-0.25, -0.2) is 0 Å². The average Bonchev–Trinajstić information content (AvgIpc) is 2.68. The van der Waals surface area contributed by atoms with Gasteiger partial charge in [-0.3, -0.25) is 16.0 Å². The van der Waals surface area contributed by atoms with Gasteiger partial charge in [0, 0.05) is 13.2 Å². The van der Waals surface area contributed by atoms with Crippen molar-refractivity contribution in [2.75, 3.05) is 0 Å². The second-order valence-corrected chi connectivity index (χ2v) is 4.46. The Balaban J connectivity index is 2.08. The predicted octanol–water partition coefficient (Wildman–Crippen LogP) is 1.50. The minimum Gasteiger partial charge on any atom is -0.275 e. The van der Waals surface area contributed by atoms with E-state index in [1.165, 1.54) is 32.1 Å². The van der Waals surface area contributed by atoms with E-state index in [1.807, 2.05) is 17.9 Å². The molecule has 1 unspecified atom stereocenters. The Morgan fingerprint density at radius 1 is 1.47 bits per heavy atom. The summed E-state index contributed by atoms with van der Waals surface area (Å²) < 4.78 is 1.84. The van der Waals surface area contributed by atoms with Gasteiger partial charge in [0.2, 0.25) is 0 Å². The van der Waals surface area contributed by atoms with E-state index in [-0.39, 0.29) is 6.04 Å². The number of nitrogens with one attached hydrogen (secondary N) is 1.